The Morgan fingerprint density at radius 1 is 1.42 bits per heavy atom. The standard InChI is InChI=1S/C18H24N4O2/c1-12-7-13(2)22(21-12)11-18(24)20-17(14-8-16(23)9-14)10-15-5-3-4-6-19-15/h3-7,14,16-17,23H,8-11H2,1-2H3,(H,20,24). The monoisotopic (exact) mass is 328 g/mol. The van der Waals surface area contributed by atoms with Crippen LogP contribution in [0.3, 0.4) is 0 Å². The smallest absolute Gasteiger partial charge is 0.241 e. The van der Waals surface area contributed by atoms with Crippen LogP contribution < -0.4 is 5.32 Å². The van der Waals surface area contributed by atoms with Crippen molar-refractivity contribution < 1.29 is 9.90 Å². The van der Waals surface area contributed by atoms with Crippen LogP contribution in [0.15, 0.2) is 30.5 Å². The predicted molar refractivity (Wildman–Crippen MR) is 90.3 cm³/mol. The quantitative estimate of drug-likeness (QED) is 0.840. The van der Waals surface area contributed by atoms with Crippen LogP contribution in [0.25, 0.3) is 0 Å². The molecule has 2 heterocycles. The Bertz CT molecular complexity index is 692. The van der Waals surface area contributed by atoms with E-state index in [0.717, 1.165) is 29.9 Å². The molecule has 128 valence electrons. The highest BCUT2D eigenvalue weighted by Crippen LogP contribution is 2.31. The lowest BCUT2D eigenvalue weighted by Gasteiger charge is -2.38. The summed E-state index contributed by atoms with van der Waals surface area (Å²) in [7, 11) is 0. The number of pyridine rings is 1. The summed E-state index contributed by atoms with van der Waals surface area (Å²) >= 11 is 0. The van der Waals surface area contributed by atoms with Crippen molar-refractivity contribution in [1.82, 2.24) is 20.1 Å². The Morgan fingerprint density at radius 2 is 2.21 bits per heavy atom. The summed E-state index contributed by atoms with van der Waals surface area (Å²) in [6.45, 7) is 4.08. The fraction of sp³-hybridized carbons (Fsp3) is 0.500. The molecule has 0 saturated heterocycles. The fourth-order valence-corrected chi connectivity index (χ4v) is 3.26. The van der Waals surface area contributed by atoms with Gasteiger partial charge in [0.2, 0.25) is 5.91 Å². The first-order valence-electron chi connectivity index (χ1n) is 8.39. The Kier molecular flexibility index (Phi) is 4.94. The van der Waals surface area contributed by atoms with Crippen LogP contribution in [0.4, 0.5) is 0 Å². The second-order valence-electron chi connectivity index (χ2n) is 6.67. The SMILES string of the molecule is Cc1cc(C)n(CC(=O)NC(Cc2ccccn2)C2CC(O)C2)n1. The zero-order chi connectivity index (χ0) is 17.1. The maximum atomic E-state index is 12.4. The molecule has 1 aliphatic rings. The van der Waals surface area contributed by atoms with Crippen LogP contribution >= 0.6 is 0 Å². The van der Waals surface area contributed by atoms with Crippen molar-refractivity contribution in [3.63, 3.8) is 0 Å². The molecule has 0 aliphatic heterocycles. The first-order valence-corrected chi connectivity index (χ1v) is 8.39. The number of nitrogens with zero attached hydrogens (tertiary/aromatic N) is 3. The molecule has 0 spiro atoms. The van der Waals surface area contributed by atoms with Gasteiger partial charge in [-0.1, -0.05) is 6.07 Å². The highest BCUT2D eigenvalue weighted by molar-refractivity contribution is 5.76. The van der Waals surface area contributed by atoms with Crippen LogP contribution in [-0.4, -0.2) is 37.9 Å². The van der Waals surface area contributed by atoms with E-state index in [1.807, 2.05) is 38.1 Å². The number of carbonyl (C=O) groups is 1. The van der Waals surface area contributed by atoms with Crippen molar-refractivity contribution in [2.75, 3.05) is 0 Å². The first kappa shape index (κ1) is 16.6. The van der Waals surface area contributed by atoms with Gasteiger partial charge in [0, 0.05) is 30.0 Å². The Hall–Kier alpha value is -2.21. The van der Waals surface area contributed by atoms with Crippen LogP contribution in [0, 0.1) is 19.8 Å². The molecular formula is C18H24N4O2. The number of aliphatic hydroxyl groups excluding tert-OH is 1. The molecule has 6 heteroatoms. The van der Waals surface area contributed by atoms with Crippen LogP contribution in [0.2, 0.25) is 0 Å². The molecule has 2 aromatic rings. The van der Waals surface area contributed by atoms with Gasteiger partial charge in [0.1, 0.15) is 6.54 Å². The number of hydrogen-bond donors (Lipinski definition) is 2. The van der Waals surface area contributed by atoms with Gasteiger partial charge < -0.3 is 10.4 Å². The summed E-state index contributed by atoms with van der Waals surface area (Å²) < 4.78 is 1.72. The third-order valence-corrected chi connectivity index (χ3v) is 4.62. The van der Waals surface area contributed by atoms with Gasteiger partial charge in [-0.25, -0.2) is 0 Å². The largest absolute Gasteiger partial charge is 0.393 e. The minimum absolute atomic E-state index is 0.00670. The lowest BCUT2D eigenvalue weighted by Crippen LogP contribution is -2.49. The van der Waals surface area contributed by atoms with E-state index >= 15 is 0 Å². The van der Waals surface area contributed by atoms with Gasteiger partial charge >= 0.3 is 0 Å². The van der Waals surface area contributed by atoms with E-state index in [0.29, 0.717) is 12.3 Å². The van der Waals surface area contributed by atoms with Crippen molar-refractivity contribution in [2.45, 2.75) is 51.8 Å². The summed E-state index contributed by atoms with van der Waals surface area (Å²) in [6.07, 6.45) is 3.67. The van der Waals surface area contributed by atoms with E-state index in [1.165, 1.54) is 0 Å². The summed E-state index contributed by atoms with van der Waals surface area (Å²) in [5.41, 5.74) is 2.84. The topological polar surface area (TPSA) is 80.0 Å². The van der Waals surface area contributed by atoms with Crippen LogP contribution in [-0.2, 0) is 17.8 Å². The number of amides is 1. The number of nitrogens with one attached hydrogen (secondary N) is 1. The number of rotatable bonds is 6. The molecule has 1 amide bonds. The number of hydrogen-bond acceptors (Lipinski definition) is 4. The molecule has 1 saturated carbocycles. The molecule has 2 aromatic heterocycles. The summed E-state index contributed by atoms with van der Waals surface area (Å²) in [4.78, 5) is 16.8. The zero-order valence-electron chi connectivity index (χ0n) is 14.1. The fourth-order valence-electron chi connectivity index (χ4n) is 3.26. The minimum Gasteiger partial charge on any atom is -0.393 e. The van der Waals surface area contributed by atoms with Crippen molar-refractivity contribution in [3.8, 4) is 0 Å². The lowest BCUT2D eigenvalue weighted by atomic mass is 9.76. The molecule has 1 unspecified atom stereocenters. The molecule has 0 radical (unpaired) electrons. The van der Waals surface area contributed by atoms with Crippen molar-refractivity contribution >= 4 is 5.91 Å². The average Bonchev–Trinajstić information content (AvgIpc) is 2.82. The number of aromatic nitrogens is 3. The zero-order valence-corrected chi connectivity index (χ0v) is 14.1. The molecule has 1 fully saturated rings. The van der Waals surface area contributed by atoms with Crippen molar-refractivity contribution in [3.05, 3.63) is 47.5 Å². The maximum Gasteiger partial charge on any atom is 0.241 e. The highest BCUT2D eigenvalue weighted by atomic mass is 16.3. The number of carbonyl (C=O) groups excluding carboxylic acids is 1. The highest BCUT2D eigenvalue weighted by Gasteiger charge is 2.35. The van der Waals surface area contributed by atoms with Crippen molar-refractivity contribution in [1.29, 1.82) is 0 Å². The van der Waals surface area contributed by atoms with Gasteiger partial charge in [-0.15, -0.1) is 0 Å². The third kappa shape index (κ3) is 4.00. The summed E-state index contributed by atoms with van der Waals surface area (Å²) in [5, 5.41) is 17.1. The average molecular weight is 328 g/mol. The van der Waals surface area contributed by atoms with E-state index in [9.17, 15) is 9.90 Å². The van der Waals surface area contributed by atoms with Gasteiger partial charge in [0.15, 0.2) is 0 Å². The van der Waals surface area contributed by atoms with E-state index in [4.69, 9.17) is 0 Å². The Balaban J connectivity index is 1.64. The molecule has 3 rings (SSSR count). The van der Waals surface area contributed by atoms with Gasteiger partial charge in [0.05, 0.1) is 11.8 Å². The summed E-state index contributed by atoms with van der Waals surface area (Å²) in [6, 6.07) is 7.75. The molecule has 0 aromatic carbocycles. The molecular weight excluding hydrogens is 304 g/mol. The number of aliphatic hydroxyl groups is 1. The Morgan fingerprint density at radius 3 is 2.79 bits per heavy atom. The van der Waals surface area contributed by atoms with Gasteiger partial charge in [-0.2, -0.15) is 5.10 Å². The molecule has 2 N–H and O–H groups in total. The van der Waals surface area contributed by atoms with Crippen molar-refractivity contribution in [2.24, 2.45) is 5.92 Å². The molecule has 0 bridgehead atoms. The summed E-state index contributed by atoms with van der Waals surface area (Å²) in [5.74, 6) is 0.245. The van der Waals surface area contributed by atoms with E-state index < -0.39 is 0 Å². The normalized spacial score (nSPS) is 21.1. The Labute approximate surface area is 141 Å². The van der Waals surface area contributed by atoms with E-state index in [2.05, 4.69) is 15.4 Å². The third-order valence-electron chi connectivity index (χ3n) is 4.62. The minimum atomic E-state index is -0.242. The van der Waals surface area contributed by atoms with E-state index in [-0.39, 0.29) is 24.6 Å². The molecule has 1 aliphatic carbocycles. The lowest BCUT2D eigenvalue weighted by molar-refractivity contribution is -0.123. The predicted octanol–water partition coefficient (Wildman–Crippen LogP) is 1.39. The van der Waals surface area contributed by atoms with Gasteiger partial charge in [0.25, 0.3) is 0 Å². The number of aryl methyl sites for hydroxylation is 2. The second-order valence-corrected chi connectivity index (χ2v) is 6.67. The molecule has 24 heavy (non-hydrogen) atoms. The second kappa shape index (κ2) is 7.13. The van der Waals surface area contributed by atoms with Gasteiger partial charge in [-0.3, -0.25) is 14.5 Å². The molecule has 1 atom stereocenters. The van der Waals surface area contributed by atoms with E-state index in [1.54, 1.807) is 10.9 Å². The maximum absolute atomic E-state index is 12.4. The first-order chi connectivity index (χ1) is 11.5. The van der Waals surface area contributed by atoms with Crippen LogP contribution in [0.1, 0.15) is 29.9 Å². The molecule has 6 nitrogen and oxygen atoms in total. The van der Waals surface area contributed by atoms with Gasteiger partial charge in [-0.05, 0) is 50.8 Å². The van der Waals surface area contributed by atoms with Crippen LogP contribution in [0.5, 0.6) is 0 Å².